The van der Waals surface area contributed by atoms with E-state index in [9.17, 15) is 14.3 Å². The van der Waals surface area contributed by atoms with Gasteiger partial charge < -0.3 is 15.2 Å². The topological polar surface area (TPSA) is 76.4 Å². The summed E-state index contributed by atoms with van der Waals surface area (Å²) in [6.07, 6.45) is 0.837. The number of nitrogens with one attached hydrogen (secondary N) is 1. The summed E-state index contributed by atoms with van der Waals surface area (Å²) in [4.78, 5) is 12.4. The Morgan fingerprint density at radius 1 is 1.36 bits per heavy atom. The molecule has 0 radical (unpaired) electrons. The molecule has 6 nitrogen and oxygen atoms in total. The van der Waals surface area contributed by atoms with Crippen molar-refractivity contribution in [1.29, 1.82) is 0 Å². The number of carbonyl (C=O) groups is 1. The molecule has 1 amide bonds. The molecule has 0 aliphatic rings. The third-order valence-electron chi connectivity index (χ3n) is 3.66. The standard InChI is InChI=1S/C18H24FN3O3/c1-4-22-10-16(17(21-22)12(2)3)18(24)20-9-14(23)11-25-15-7-5-13(19)6-8-15/h5-8,10,12,14,23H,4,9,11H2,1-3H3,(H,20,24). The van der Waals surface area contributed by atoms with Crippen molar-refractivity contribution < 1.29 is 19.0 Å². The number of nitrogens with zero attached hydrogens (tertiary/aromatic N) is 2. The Kier molecular flexibility index (Phi) is 6.52. The van der Waals surface area contributed by atoms with E-state index in [2.05, 4.69) is 10.4 Å². The van der Waals surface area contributed by atoms with E-state index in [-0.39, 0.29) is 30.8 Å². The van der Waals surface area contributed by atoms with Gasteiger partial charge in [0.25, 0.3) is 5.91 Å². The van der Waals surface area contributed by atoms with Crippen LogP contribution in [0, 0.1) is 5.82 Å². The maximum absolute atomic E-state index is 12.8. The molecule has 7 heteroatoms. The molecule has 0 spiro atoms. The van der Waals surface area contributed by atoms with Crippen molar-refractivity contribution in [2.75, 3.05) is 13.2 Å². The third-order valence-corrected chi connectivity index (χ3v) is 3.66. The number of aromatic nitrogens is 2. The summed E-state index contributed by atoms with van der Waals surface area (Å²) in [5, 5.41) is 17.0. The number of rotatable bonds is 8. The van der Waals surface area contributed by atoms with E-state index in [1.54, 1.807) is 10.9 Å². The zero-order valence-electron chi connectivity index (χ0n) is 14.7. The number of aryl methyl sites for hydroxylation is 1. The van der Waals surface area contributed by atoms with Crippen LogP contribution in [-0.4, -0.2) is 40.0 Å². The minimum atomic E-state index is -0.877. The molecule has 0 bridgehead atoms. The predicted octanol–water partition coefficient (Wildman–Crippen LogP) is 2.34. The number of aliphatic hydroxyl groups is 1. The molecule has 2 aromatic rings. The second-order valence-corrected chi connectivity index (χ2v) is 6.07. The number of hydrogen-bond donors (Lipinski definition) is 2. The number of ether oxygens (including phenoxy) is 1. The molecule has 0 saturated heterocycles. The number of hydrogen-bond acceptors (Lipinski definition) is 4. The van der Waals surface area contributed by atoms with Crippen LogP contribution < -0.4 is 10.1 Å². The highest BCUT2D eigenvalue weighted by molar-refractivity contribution is 5.95. The van der Waals surface area contributed by atoms with Gasteiger partial charge in [0.15, 0.2) is 0 Å². The summed E-state index contributed by atoms with van der Waals surface area (Å²) >= 11 is 0. The quantitative estimate of drug-likeness (QED) is 0.767. The van der Waals surface area contributed by atoms with E-state index < -0.39 is 6.10 Å². The smallest absolute Gasteiger partial charge is 0.254 e. The first-order chi connectivity index (χ1) is 11.9. The molecule has 0 aliphatic heterocycles. The minimum absolute atomic E-state index is 0.00281. The predicted molar refractivity (Wildman–Crippen MR) is 92.2 cm³/mol. The number of aliphatic hydroxyl groups excluding tert-OH is 1. The molecular formula is C18H24FN3O3. The van der Waals surface area contributed by atoms with Crippen molar-refractivity contribution in [3.8, 4) is 5.75 Å². The van der Waals surface area contributed by atoms with Crippen molar-refractivity contribution >= 4 is 5.91 Å². The van der Waals surface area contributed by atoms with Crippen molar-refractivity contribution in [3.05, 3.63) is 47.5 Å². The highest BCUT2D eigenvalue weighted by Crippen LogP contribution is 2.17. The van der Waals surface area contributed by atoms with Crippen LogP contribution in [0.5, 0.6) is 5.75 Å². The van der Waals surface area contributed by atoms with E-state index in [4.69, 9.17) is 4.74 Å². The Labute approximate surface area is 146 Å². The Balaban J connectivity index is 1.86. The molecule has 1 aromatic carbocycles. The van der Waals surface area contributed by atoms with E-state index >= 15 is 0 Å². The van der Waals surface area contributed by atoms with E-state index in [0.29, 0.717) is 17.9 Å². The van der Waals surface area contributed by atoms with Crippen LogP contribution in [0.4, 0.5) is 4.39 Å². The minimum Gasteiger partial charge on any atom is -0.491 e. The van der Waals surface area contributed by atoms with Gasteiger partial charge in [0.1, 0.15) is 24.3 Å². The van der Waals surface area contributed by atoms with Gasteiger partial charge >= 0.3 is 0 Å². The van der Waals surface area contributed by atoms with Gasteiger partial charge in [0.2, 0.25) is 0 Å². The van der Waals surface area contributed by atoms with Crippen LogP contribution in [0.2, 0.25) is 0 Å². The highest BCUT2D eigenvalue weighted by Gasteiger charge is 2.19. The van der Waals surface area contributed by atoms with Crippen molar-refractivity contribution in [2.24, 2.45) is 0 Å². The fraction of sp³-hybridized carbons (Fsp3) is 0.444. The van der Waals surface area contributed by atoms with Crippen LogP contribution >= 0.6 is 0 Å². The summed E-state index contributed by atoms with van der Waals surface area (Å²) < 4.78 is 19.9. The zero-order valence-corrected chi connectivity index (χ0v) is 14.7. The lowest BCUT2D eigenvalue weighted by Gasteiger charge is -2.13. The lowest BCUT2D eigenvalue weighted by atomic mass is 10.1. The molecule has 0 aliphatic carbocycles. The van der Waals surface area contributed by atoms with Crippen LogP contribution in [0.25, 0.3) is 0 Å². The maximum Gasteiger partial charge on any atom is 0.254 e. The molecule has 0 fully saturated rings. The van der Waals surface area contributed by atoms with Crippen LogP contribution in [0.3, 0.4) is 0 Å². The van der Waals surface area contributed by atoms with E-state index in [0.717, 1.165) is 5.69 Å². The van der Waals surface area contributed by atoms with Crippen LogP contribution in [-0.2, 0) is 6.54 Å². The molecule has 136 valence electrons. The zero-order chi connectivity index (χ0) is 18.4. The second-order valence-electron chi connectivity index (χ2n) is 6.07. The SMILES string of the molecule is CCn1cc(C(=O)NCC(O)COc2ccc(F)cc2)c(C(C)C)n1. The molecule has 1 unspecified atom stereocenters. The Bertz CT molecular complexity index is 698. The van der Waals surface area contributed by atoms with E-state index in [1.807, 2.05) is 20.8 Å². The van der Waals surface area contributed by atoms with Gasteiger partial charge in [-0.15, -0.1) is 0 Å². The van der Waals surface area contributed by atoms with Crippen molar-refractivity contribution in [1.82, 2.24) is 15.1 Å². The van der Waals surface area contributed by atoms with Crippen LogP contribution in [0.15, 0.2) is 30.5 Å². The van der Waals surface area contributed by atoms with Gasteiger partial charge in [0.05, 0.1) is 11.3 Å². The first kappa shape index (κ1) is 18.9. The van der Waals surface area contributed by atoms with Gasteiger partial charge in [-0.05, 0) is 37.1 Å². The summed E-state index contributed by atoms with van der Waals surface area (Å²) in [5.41, 5.74) is 1.25. The van der Waals surface area contributed by atoms with Gasteiger partial charge in [-0.1, -0.05) is 13.8 Å². The molecule has 1 atom stereocenters. The average Bonchev–Trinajstić information content (AvgIpc) is 3.04. The fourth-order valence-corrected chi connectivity index (χ4v) is 2.29. The molecule has 0 saturated carbocycles. The first-order valence-electron chi connectivity index (χ1n) is 8.32. The highest BCUT2D eigenvalue weighted by atomic mass is 19.1. The molecule has 2 rings (SSSR count). The van der Waals surface area contributed by atoms with Crippen molar-refractivity contribution in [2.45, 2.75) is 39.3 Å². The molecule has 1 heterocycles. The third kappa shape index (κ3) is 5.29. The fourth-order valence-electron chi connectivity index (χ4n) is 2.29. The number of halogens is 1. The second kappa shape index (κ2) is 8.62. The average molecular weight is 349 g/mol. The summed E-state index contributed by atoms with van der Waals surface area (Å²) in [7, 11) is 0. The number of benzene rings is 1. The Hall–Kier alpha value is -2.41. The first-order valence-corrected chi connectivity index (χ1v) is 8.32. The normalized spacial score (nSPS) is 12.2. The Morgan fingerprint density at radius 3 is 2.64 bits per heavy atom. The molecular weight excluding hydrogens is 325 g/mol. The van der Waals surface area contributed by atoms with Gasteiger partial charge in [-0.3, -0.25) is 9.48 Å². The largest absolute Gasteiger partial charge is 0.491 e. The monoisotopic (exact) mass is 349 g/mol. The summed E-state index contributed by atoms with van der Waals surface area (Å²) in [5.74, 6) is -0.0450. The molecule has 2 N–H and O–H groups in total. The maximum atomic E-state index is 12.8. The lowest BCUT2D eigenvalue weighted by Crippen LogP contribution is -2.35. The van der Waals surface area contributed by atoms with Gasteiger partial charge in [0, 0.05) is 19.3 Å². The number of amides is 1. The lowest BCUT2D eigenvalue weighted by molar-refractivity contribution is 0.0842. The van der Waals surface area contributed by atoms with E-state index in [1.165, 1.54) is 24.3 Å². The van der Waals surface area contributed by atoms with Gasteiger partial charge in [-0.25, -0.2) is 4.39 Å². The molecule has 25 heavy (non-hydrogen) atoms. The van der Waals surface area contributed by atoms with Crippen molar-refractivity contribution in [3.63, 3.8) is 0 Å². The molecule has 1 aromatic heterocycles. The summed E-state index contributed by atoms with van der Waals surface area (Å²) in [6, 6.07) is 5.52. The Morgan fingerprint density at radius 2 is 2.04 bits per heavy atom. The summed E-state index contributed by atoms with van der Waals surface area (Å²) in [6.45, 7) is 6.64. The van der Waals surface area contributed by atoms with Crippen LogP contribution in [0.1, 0.15) is 42.7 Å². The van der Waals surface area contributed by atoms with Gasteiger partial charge in [-0.2, -0.15) is 5.10 Å². The number of carbonyl (C=O) groups excluding carboxylic acids is 1.